The van der Waals surface area contributed by atoms with Gasteiger partial charge in [-0.05, 0) is 36.8 Å². The van der Waals surface area contributed by atoms with Crippen LogP contribution in [0.4, 0.5) is 5.69 Å². The number of benzene rings is 2. The zero-order valence-corrected chi connectivity index (χ0v) is 11.7. The van der Waals surface area contributed by atoms with Crippen LogP contribution in [0.2, 0.25) is 0 Å². The van der Waals surface area contributed by atoms with Crippen LogP contribution >= 0.6 is 11.6 Å². The van der Waals surface area contributed by atoms with Crippen molar-refractivity contribution in [1.82, 2.24) is 0 Å². The molecule has 0 aliphatic rings. The van der Waals surface area contributed by atoms with Crippen molar-refractivity contribution in [3.63, 3.8) is 0 Å². The monoisotopic (exact) mass is 287 g/mol. The van der Waals surface area contributed by atoms with Crippen LogP contribution in [0.5, 0.6) is 0 Å². The number of anilines is 1. The van der Waals surface area contributed by atoms with Crippen LogP contribution in [0.3, 0.4) is 0 Å². The fourth-order valence-corrected chi connectivity index (χ4v) is 1.97. The van der Waals surface area contributed by atoms with Gasteiger partial charge in [0.05, 0.1) is 0 Å². The Hall–Kier alpha value is -2.13. The zero-order valence-electron chi connectivity index (χ0n) is 11.0. The lowest BCUT2D eigenvalue weighted by molar-refractivity contribution is -0.116. The Morgan fingerprint density at radius 1 is 1.00 bits per heavy atom. The van der Waals surface area contributed by atoms with Gasteiger partial charge in [-0.3, -0.25) is 9.59 Å². The van der Waals surface area contributed by atoms with Gasteiger partial charge in [-0.1, -0.05) is 30.3 Å². The van der Waals surface area contributed by atoms with Crippen molar-refractivity contribution in [3.05, 3.63) is 65.7 Å². The molecule has 1 N–H and O–H groups in total. The molecule has 0 aromatic heterocycles. The van der Waals surface area contributed by atoms with Crippen molar-refractivity contribution >= 4 is 29.0 Å². The Labute approximate surface area is 122 Å². The number of Topliss-reactive ketones (excluding diaryl/α,β-unsaturated/α-hetero) is 1. The molecule has 0 heterocycles. The van der Waals surface area contributed by atoms with Crippen molar-refractivity contribution in [2.24, 2.45) is 0 Å². The Morgan fingerprint density at radius 3 is 2.15 bits per heavy atom. The number of rotatable bonds is 4. The molecule has 20 heavy (non-hydrogen) atoms. The van der Waals surface area contributed by atoms with Crippen LogP contribution in [-0.2, 0) is 4.79 Å². The van der Waals surface area contributed by atoms with Crippen molar-refractivity contribution in [3.8, 4) is 0 Å². The molecule has 0 saturated carbocycles. The number of halogens is 1. The van der Waals surface area contributed by atoms with Crippen molar-refractivity contribution in [1.29, 1.82) is 0 Å². The van der Waals surface area contributed by atoms with Crippen molar-refractivity contribution < 1.29 is 9.59 Å². The quantitative estimate of drug-likeness (QED) is 0.686. The summed E-state index contributed by atoms with van der Waals surface area (Å²) in [7, 11) is 0. The van der Waals surface area contributed by atoms with E-state index in [1.54, 1.807) is 36.4 Å². The fourth-order valence-electron chi connectivity index (χ4n) is 1.77. The highest BCUT2D eigenvalue weighted by Gasteiger charge is 2.17. The second-order valence-electron chi connectivity index (χ2n) is 4.40. The van der Waals surface area contributed by atoms with Crippen LogP contribution in [0, 0.1) is 0 Å². The summed E-state index contributed by atoms with van der Waals surface area (Å²) in [5.41, 5.74) is 1.96. The molecule has 0 saturated heterocycles. The van der Waals surface area contributed by atoms with Crippen LogP contribution in [-0.4, -0.2) is 11.7 Å². The SMILES string of the molecule is CC(=O)c1ccc(NC(=O)C(Cl)c2ccccc2)cc1. The normalized spacial score (nSPS) is 11.7. The molecule has 1 unspecified atom stereocenters. The molecule has 4 heteroatoms. The molecule has 0 radical (unpaired) electrons. The fraction of sp³-hybridized carbons (Fsp3) is 0.125. The third-order valence-corrected chi connectivity index (χ3v) is 3.33. The maximum absolute atomic E-state index is 12.0. The van der Waals surface area contributed by atoms with E-state index in [1.807, 2.05) is 18.2 Å². The molecule has 0 aliphatic heterocycles. The molecule has 0 aliphatic carbocycles. The van der Waals surface area contributed by atoms with E-state index >= 15 is 0 Å². The van der Waals surface area contributed by atoms with Gasteiger partial charge in [-0.15, -0.1) is 11.6 Å². The second kappa shape index (κ2) is 6.35. The highest BCUT2D eigenvalue weighted by atomic mass is 35.5. The number of carbonyl (C=O) groups excluding carboxylic acids is 2. The van der Waals surface area contributed by atoms with Crippen LogP contribution in [0.1, 0.15) is 28.2 Å². The molecule has 0 bridgehead atoms. The smallest absolute Gasteiger partial charge is 0.246 e. The summed E-state index contributed by atoms with van der Waals surface area (Å²) in [5.74, 6) is -0.309. The van der Waals surface area contributed by atoms with Gasteiger partial charge < -0.3 is 5.32 Å². The first-order chi connectivity index (χ1) is 9.58. The van der Waals surface area contributed by atoms with Gasteiger partial charge in [0.2, 0.25) is 5.91 Å². The number of alkyl halides is 1. The van der Waals surface area contributed by atoms with E-state index in [1.165, 1.54) is 6.92 Å². The second-order valence-corrected chi connectivity index (χ2v) is 4.83. The van der Waals surface area contributed by atoms with E-state index in [-0.39, 0.29) is 11.7 Å². The first-order valence-electron chi connectivity index (χ1n) is 6.19. The van der Waals surface area contributed by atoms with E-state index in [9.17, 15) is 9.59 Å². The molecule has 0 spiro atoms. The minimum absolute atomic E-state index is 0.0117. The predicted octanol–water partition coefficient (Wildman–Crippen LogP) is 3.81. The Kier molecular flexibility index (Phi) is 4.53. The molecule has 0 fully saturated rings. The number of carbonyl (C=O) groups is 2. The molecule has 2 rings (SSSR count). The molecule has 2 aromatic rings. The summed E-state index contributed by atoms with van der Waals surface area (Å²) in [6, 6.07) is 15.8. The van der Waals surface area contributed by atoms with E-state index in [4.69, 9.17) is 11.6 Å². The summed E-state index contributed by atoms with van der Waals surface area (Å²) in [6.45, 7) is 1.50. The Bertz CT molecular complexity index is 608. The summed E-state index contributed by atoms with van der Waals surface area (Å²) < 4.78 is 0. The summed E-state index contributed by atoms with van der Waals surface area (Å²) in [5, 5.41) is 1.98. The minimum atomic E-state index is -0.747. The molecule has 1 atom stereocenters. The third kappa shape index (κ3) is 3.45. The van der Waals surface area contributed by atoms with Crippen molar-refractivity contribution in [2.75, 3.05) is 5.32 Å². The summed E-state index contributed by atoms with van der Waals surface area (Å²) in [6.07, 6.45) is 0. The zero-order chi connectivity index (χ0) is 14.5. The number of hydrogen-bond acceptors (Lipinski definition) is 2. The lowest BCUT2D eigenvalue weighted by Gasteiger charge is -2.11. The molecular weight excluding hydrogens is 274 g/mol. The van der Waals surface area contributed by atoms with Crippen LogP contribution in [0.25, 0.3) is 0 Å². The lowest BCUT2D eigenvalue weighted by Crippen LogP contribution is -2.17. The van der Waals surface area contributed by atoms with Gasteiger partial charge in [-0.2, -0.15) is 0 Å². The highest BCUT2D eigenvalue weighted by molar-refractivity contribution is 6.32. The topological polar surface area (TPSA) is 46.2 Å². The van der Waals surface area contributed by atoms with E-state index in [0.29, 0.717) is 11.3 Å². The Morgan fingerprint density at radius 2 is 1.60 bits per heavy atom. The third-order valence-electron chi connectivity index (χ3n) is 2.88. The van der Waals surface area contributed by atoms with Gasteiger partial charge in [0.15, 0.2) is 5.78 Å². The average molecular weight is 288 g/mol. The maximum Gasteiger partial charge on any atom is 0.246 e. The molecule has 2 aromatic carbocycles. The number of nitrogens with one attached hydrogen (secondary N) is 1. The molecule has 102 valence electrons. The van der Waals surface area contributed by atoms with Crippen LogP contribution in [0.15, 0.2) is 54.6 Å². The molecule has 3 nitrogen and oxygen atoms in total. The minimum Gasteiger partial charge on any atom is -0.325 e. The first-order valence-corrected chi connectivity index (χ1v) is 6.62. The van der Waals surface area contributed by atoms with Gasteiger partial charge >= 0.3 is 0 Å². The largest absolute Gasteiger partial charge is 0.325 e. The van der Waals surface area contributed by atoms with Gasteiger partial charge in [0, 0.05) is 11.3 Å². The van der Waals surface area contributed by atoms with Gasteiger partial charge in [-0.25, -0.2) is 0 Å². The number of ketones is 1. The first kappa shape index (κ1) is 14.3. The highest BCUT2D eigenvalue weighted by Crippen LogP contribution is 2.22. The average Bonchev–Trinajstić information content (AvgIpc) is 2.48. The number of hydrogen-bond donors (Lipinski definition) is 1. The summed E-state index contributed by atoms with van der Waals surface area (Å²) in [4.78, 5) is 23.2. The van der Waals surface area contributed by atoms with Gasteiger partial charge in [0.25, 0.3) is 0 Å². The summed E-state index contributed by atoms with van der Waals surface area (Å²) >= 11 is 6.12. The number of amides is 1. The predicted molar refractivity (Wildman–Crippen MR) is 80.1 cm³/mol. The van der Waals surface area contributed by atoms with E-state index in [0.717, 1.165) is 5.56 Å². The van der Waals surface area contributed by atoms with Crippen LogP contribution < -0.4 is 5.32 Å². The molecule has 1 amide bonds. The standard InChI is InChI=1S/C16H14ClNO2/c1-11(19)12-7-9-14(10-8-12)18-16(20)15(17)13-5-3-2-4-6-13/h2-10,15H,1H3,(H,18,20). The van der Waals surface area contributed by atoms with Gasteiger partial charge in [0.1, 0.15) is 5.38 Å². The Balaban J connectivity index is 2.06. The van der Waals surface area contributed by atoms with E-state index < -0.39 is 5.38 Å². The van der Waals surface area contributed by atoms with Crippen molar-refractivity contribution in [2.45, 2.75) is 12.3 Å². The maximum atomic E-state index is 12.0. The van der Waals surface area contributed by atoms with E-state index in [2.05, 4.69) is 5.32 Å². The lowest BCUT2D eigenvalue weighted by atomic mass is 10.1. The molecular formula is C16H14ClNO2.